The highest BCUT2D eigenvalue weighted by atomic mass is 16.7. The van der Waals surface area contributed by atoms with E-state index in [2.05, 4.69) is 10.5 Å². The van der Waals surface area contributed by atoms with Crippen LogP contribution in [0, 0.1) is 5.41 Å². The zero-order chi connectivity index (χ0) is 12.2. The van der Waals surface area contributed by atoms with Gasteiger partial charge < -0.3 is 15.7 Å². The maximum absolute atomic E-state index is 10.8. The Kier molecular flexibility index (Phi) is 3.68. The van der Waals surface area contributed by atoms with E-state index in [1.54, 1.807) is 26.0 Å². The predicted molar refractivity (Wildman–Crippen MR) is 58.7 cm³/mol. The van der Waals surface area contributed by atoms with Gasteiger partial charge in [0.2, 0.25) is 5.88 Å². The Morgan fingerprint density at radius 3 is 2.81 bits per heavy atom. The minimum atomic E-state index is -0.895. The molecule has 0 saturated heterocycles. The summed E-state index contributed by atoms with van der Waals surface area (Å²) in [7, 11) is 0. The van der Waals surface area contributed by atoms with Crippen LogP contribution < -0.4 is 16.1 Å². The minimum Gasteiger partial charge on any atom is -0.481 e. The molecule has 6 heteroatoms. The van der Waals surface area contributed by atoms with Crippen molar-refractivity contribution in [3.63, 3.8) is 0 Å². The number of nitrogens with two attached hydrogens (primary N) is 1. The molecule has 88 valence electrons. The Labute approximate surface area is 93.4 Å². The topological polar surface area (TPSA) is 97.5 Å². The van der Waals surface area contributed by atoms with Crippen LogP contribution in [0.2, 0.25) is 0 Å². The first kappa shape index (κ1) is 12.3. The Hall–Kier alpha value is -1.82. The van der Waals surface area contributed by atoms with E-state index in [1.165, 1.54) is 6.20 Å². The maximum Gasteiger partial charge on any atom is 0.310 e. The molecule has 0 atom stereocenters. The highest BCUT2D eigenvalue weighted by Crippen LogP contribution is 2.13. The first-order valence-electron chi connectivity index (χ1n) is 4.76. The van der Waals surface area contributed by atoms with Crippen LogP contribution in [0.3, 0.4) is 0 Å². The zero-order valence-electron chi connectivity index (χ0n) is 9.23. The fourth-order valence-electron chi connectivity index (χ4n) is 0.818. The first-order chi connectivity index (χ1) is 7.42. The number of carboxylic acid groups (broad SMARTS) is 1. The van der Waals surface area contributed by atoms with Crippen molar-refractivity contribution in [2.75, 3.05) is 12.3 Å². The molecule has 0 radical (unpaired) electrons. The second-order valence-corrected chi connectivity index (χ2v) is 4.04. The van der Waals surface area contributed by atoms with Crippen molar-refractivity contribution >= 4 is 11.7 Å². The first-order valence-corrected chi connectivity index (χ1v) is 4.76. The molecule has 0 amide bonds. The molecule has 0 aliphatic heterocycles. The summed E-state index contributed by atoms with van der Waals surface area (Å²) in [5.41, 5.74) is 7.65. The number of hydrogen-bond donors (Lipinski definition) is 3. The van der Waals surface area contributed by atoms with Gasteiger partial charge in [0, 0.05) is 12.6 Å². The number of nitrogens with one attached hydrogen (secondary N) is 1. The molecule has 4 N–H and O–H groups in total. The number of aliphatic carboxylic acids is 1. The molecular weight excluding hydrogens is 210 g/mol. The number of anilines is 1. The lowest BCUT2D eigenvalue weighted by atomic mass is 9.94. The van der Waals surface area contributed by atoms with Crippen LogP contribution in [-0.4, -0.2) is 22.6 Å². The van der Waals surface area contributed by atoms with Crippen LogP contribution >= 0.6 is 0 Å². The van der Waals surface area contributed by atoms with E-state index in [1.807, 2.05) is 0 Å². The van der Waals surface area contributed by atoms with Gasteiger partial charge in [-0.25, -0.2) is 4.98 Å². The average molecular weight is 225 g/mol. The van der Waals surface area contributed by atoms with Gasteiger partial charge in [-0.1, -0.05) is 0 Å². The molecule has 0 aromatic carbocycles. The van der Waals surface area contributed by atoms with Crippen molar-refractivity contribution in [3.8, 4) is 5.88 Å². The van der Waals surface area contributed by atoms with E-state index in [-0.39, 0.29) is 6.54 Å². The third-order valence-electron chi connectivity index (χ3n) is 2.03. The molecule has 0 bridgehead atoms. The number of nitrogen functional groups attached to an aromatic ring is 1. The van der Waals surface area contributed by atoms with Gasteiger partial charge in [-0.3, -0.25) is 4.79 Å². The van der Waals surface area contributed by atoms with Crippen LogP contribution in [0.25, 0.3) is 0 Å². The third-order valence-corrected chi connectivity index (χ3v) is 2.03. The molecule has 0 spiro atoms. The molecule has 0 aliphatic rings. The molecule has 0 saturated carbocycles. The van der Waals surface area contributed by atoms with Crippen molar-refractivity contribution in [2.45, 2.75) is 13.8 Å². The number of rotatable bonds is 5. The predicted octanol–water partition coefficient (Wildman–Crippen LogP) is 0.658. The van der Waals surface area contributed by atoms with Gasteiger partial charge in [0.25, 0.3) is 0 Å². The standard InChI is InChI=1S/C10H15N3O3/c1-10(2,9(14)15)6-13-16-8-4-3-7(11)5-12-8/h3-5,13H,6,11H2,1-2H3,(H,14,15). The summed E-state index contributed by atoms with van der Waals surface area (Å²) in [4.78, 5) is 19.7. The van der Waals surface area contributed by atoms with Gasteiger partial charge in [-0.05, 0) is 19.9 Å². The van der Waals surface area contributed by atoms with Gasteiger partial charge in [0.15, 0.2) is 0 Å². The van der Waals surface area contributed by atoms with Crippen LogP contribution in [-0.2, 0) is 4.79 Å². The van der Waals surface area contributed by atoms with Crippen LogP contribution in [0.15, 0.2) is 18.3 Å². The lowest BCUT2D eigenvalue weighted by molar-refractivity contribution is -0.147. The second-order valence-electron chi connectivity index (χ2n) is 4.04. The van der Waals surface area contributed by atoms with Crippen molar-refractivity contribution in [3.05, 3.63) is 18.3 Å². The van der Waals surface area contributed by atoms with Crippen molar-refractivity contribution in [1.82, 2.24) is 10.5 Å². The van der Waals surface area contributed by atoms with Gasteiger partial charge in [0.05, 0.1) is 17.3 Å². The number of carbonyl (C=O) groups is 1. The monoisotopic (exact) mass is 225 g/mol. The third kappa shape index (κ3) is 3.39. The second kappa shape index (κ2) is 4.80. The number of pyridine rings is 1. The largest absolute Gasteiger partial charge is 0.481 e. The molecule has 0 aliphatic carbocycles. The summed E-state index contributed by atoms with van der Waals surface area (Å²) in [6.45, 7) is 3.37. The molecule has 16 heavy (non-hydrogen) atoms. The fourth-order valence-corrected chi connectivity index (χ4v) is 0.818. The lowest BCUT2D eigenvalue weighted by Crippen LogP contribution is -2.37. The maximum atomic E-state index is 10.8. The highest BCUT2D eigenvalue weighted by molar-refractivity contribution is 5.73. The van der Waals surface area contributed by atoms with Crippen LogP contribution in [0.1, 0.15) is 13.8 Å². The summed E-state index contributed by atoms with van der Waals surface area (Å²) in [6.07, 6.45) is 1.46. The number of carboxylic acids is 1. The van der Waals surface area contributed by atoms with E-state index in [4.69, 9.17) is 15.7 Å². The van der Waals surface area contributed by atoms with Gasteiger partial charge >= 0.3 is 5.97 Å². The summed E-state index contributed by atoms with van der Waals surface area (Å²) >= 11 is 0. The summed E-state index contributed by atoms with van der Waals surface area (Å²) in [5, 5.41) is 8.85. The summed E-state index contributed by atoms with van der Waals surface area (Å²) < 4.78 is 0. The number of hydroxylamine groups is 1. The minimum absolute atomic E-state index is 0.175. The summed E-state index contributed by atoms with van der Waals surface area (Å²) in [5.74, 6) is -0.552. The fraction of sp³-hybridized carbons (Fsp3) is 0.400. The molecule has 1 rings (SSSR count). The van der Waals surface area contributed by atoms with Gasteiger partial charge in [-0.15, -0.1) is 0 Å². The lowest BCUT2D eigenvalue weighted by Gasteiger charge is -2.18. The van der Waals surface area contributed by atoms with E-state index in [0.29, 0.717) is 11.6 Å². The van der Waals surface area contributed by atoms with Crippen LogP contribution in [0.4, 0.5) is 5.69 Å². The van der Waals surface area contributed by atoms with E-state index in [9.17, 15) is 4.79 Å². The van der Waals surface area contributed by atoms with Crippen molar-refractivity contribution in [1.29, 1.82) is 0 Å². The molecule has 1 aromatic rings. The SMILES string of the molecule is CC(C)(CNOc1ccc(N)cn1)C(=O)O. The Morgan fingerprint density at radius 2 is 2.31 bits per heavy atom. The highest BCUT2D eigenvalue weighted by Gasteiger charge is 2.26. The Morgan fingerprint density at radius 1 is 1.62 bits per heavy atom. The molecule has 1 heterocycles. The van der Waals surface area contributed by atoms with Crippen LogP contribution in [0.5, 0.6) is 5.88 Å². The smallest absolute Gasteiger partial charge is 0.310 e. The normalized spacial score (nSPS) is 11.1. The molecule has 1 aromatic heterocycles. The molecular formula is C10H15N3O3. The molecule has 0 fully saturated rings. The van der Waals surface area contributed by atoms with E-state index < -0.39 is 11.4 Å². The summed E-state index contributed by atoms with van der Waals surface area (Å²) in [6, 6.07) is 3.24. The Bertz CT molecular complexity index is 362. The quantitative estimate of drug-likeness (QED) is 0.637. The molecule has 6 nitrogen and oxygen atoms in total. The van der Waals surface area contributed by atoms with Gasteiger partial charge in [-0.2, -0.15) is 5.48 Å². The zero-order valence-corrected chi connectivity index (χ0v) is 9.23. The average Bonchev–Trinajstić information content (AvgIpc) is 2.20. The van der Waals surface area contributed by atoms with E-state index in [0.717, 1.165) is 0 Å². The Balaban J connectivity index is 2.41. The van der Waals surface area contributed by atoms with Gasteiger partial charge in [0.1, 0.15) is 0 Å². The van der Waals surface area contributed by atoms with Crippen molar-refractivity contribution in [2.24, 2.45) is 5.41 Å². The van der Waals surface area contributed by atoms with Crippen molar-refractivity contribution < 1.29 is 14.7 Å². The number of nitrogens with zero attached hydrogens (tertiary/aromatic N) is 1. The number of hydrogen-bond acceptors (Lipinski definition) is 5. The van der Waals surface area contributed by atoms with E-state index >= 15 is 0 Å². The number of aromatic nitrogens is 1. The molecule has 0 unspecified atom stereocenters.